The predicted molar refractivity (Wildman–Crippen MR) is 54.5 cm³/mol. The zero-order chi connectivity index (χ0) is 12.6. The van der Waals surface area contributed by atoms with Crippen LogP contribution in [-0.4, -0.2) is 14.4 Å². The average Bonchev–Trinajstić information content (AvgIpc) is 2.13. The van der Waals surface area contributed by atoms with E-state index in [2.05, 4.69) is 0 Å². The fourth-order valence-corrected chi connectivity index (χ4v) is 1.50. The molecule has 8 heteroatoms. The molecule has 0 aromatic carbocycles. The van der Waals surface area contributed by atoms with Gasteiger partial charge in [-0.25, -0.2) is 0 Å². The second-order valence-electron chi connectivity index (χ2n) is 3.29. The molecule has 8 nitrogen and oxygen atoms in total. The van der Waals surface area contributed by atoms with E-state index in [-0.39, 0.29) is 11.3 Å². The number of hydrogen-bond acceptors (Lipinski definition) is 5. The number of hydrogen-bond donors (Lipinski definition) is 0. The van der Waals surface area contributed by atoms with Gasteiger partial charge in [0.15, 0.2) is 0 Å². The molecule has 0 saturated heterocycles. The van der Waals surface area contributed by atoms with E-state index in [4.69, 9.17) is 0 Å². The molecule has 0 fully saturated rings. The Morgan fingerprint density at radius 1 is 1.06 bits per heavy atom. The van der Waals surface area contributed by atoms with Crippen LogP contribution >= 0.6 is 0 Å². The highest BCUT2D eigenvalue weighted by atomic mass is 16.6. The Hall–Kier alpha value is -2.25. The van der Waals surface area contributed by atoms with Crippen molar-refractivity contribution in [2.24, 2.45) is 7.05 Å². The number of nitro groups is 2. The fourth-order valence-electron chi connectivity index (χ4n) is 1.50. The fraction of sp³-hybridized carbons (Fsp3) is 0.375. The summed E-state index contributed by atoms with van der Waals surface area (Å²) in [5.41, 5.74) is -2.10. The zero-order valence-electron chi connectivity index (χ0n) is 8.88. The van der Waals surface area contributed by atoms with E-state index in [1.807, 2.05) is 0 Å². The summed E-state index contributed by atoms with van der Waals surface area (Å²) in [5, 5.41) is 21.4. The second kappa shape index (κ2) is 3.72. The van der Waals surface area contributed by atoms with Crippen LogP contribution in [0, 0.1) is 34.1 Å². The van der Waals surface area contributed by atoms with Gasteiger partial charge in [-0.15, -0.1) is 0 Å². The lowest BCUT2D eigenvalue weighted by atomic mass is 10.1. The highest BCUT2D eigenvalue weighted by Crippen LogP contribution is 2.26. The van der Waals surface area contributed by atoms with Crippen molar-refractivity contribution in [3.63, 3.8) is 0 Å². The maximum atomic E-state index is 11.5. The number of aromatic nitrogens is 1. The lowest BCUT2D eigenvalue weighted by Crippen LogP contribution is -2.24. The molecule has 0 saturated carbocycles. The Morgan fingerprint density at radius 2 is 1.50 bits per heavy atom. The molecule has 0 aliphatic carbocycles. The van der Waals surface area contributed by atoms with Crippen molar-refractivity contribution in [3.05, 3.63) is 41.8 Å². The third-order valence-electron chi connectivity index (χ3n) is 2.43. The van der Waals surface area contributed by atoms with Crippen molar-refractivity contribution in [1.82, 2.24) is 4.57 Å². The summed E-state index contributed by atoms with van der Waals surface area (Å²) in [7, 11) is 1.26. The molecule has 0 unspecified atom stereocenters. The van der Waals surface area contributed by atoms with Gasteiger partial charge in [0.05, 0.1) is 15.5 Å². The standard InChI is InChI=1S/C8H9N3O5/c1-4-6(10(13)14)5(2)9(3)8(12)7(4)11(15)16/h1-3H3. The summed E-state index contributed by atoms with van der Waals surface area (Å²) in [6.45, 7) is 2.57. The number of nitrogens with zero attached hydrogens (tertiary/aromatic N) is 3. The van der Waals surface area contributed by atoms with Crippen molar-refractivity contribution in [3.8, 4) is 0 Å². The Labute approximate surface area is 89.4 Å². The summed E-state index contributed by atoms with van der Waals surface area (Å²) >= 11 is 0. The van der Waals surface area contributed by atoms with Gasteiger partial charge in [-0.05, 0) is 13.8 Å². The minimum atomic E-state index is -0.899. The first-order chi connectivity index (χ1) is 7.29. The third-order valence-corrected chi connectivity index (χ3v) is 2.43. The Balaban J connectivity index is 3.88. The molecule has 0 aliphatic rings. The van der Waals surface area contributed by atoms with Crippen molar-refractivity contribution in [2.75, 3.05) is 0 Å². The molecule has 0 bridgehead atoms. The Kier molecular flexibility index (Phi) is 2.75. The van der Waals surface area contributed by atoms with E-state index in [1.165, 1.54) is 20.9 Å². The second-order valence-corrected chi connectivity index (χ2v) is 3.29. The monoisotopic (exact) mass is 227 g/mol. The van der Waals surface area contributed by atoms with Gasteiger partial charge in [-0.2, -0.15) is 0 Å². The lowest BCUT2D eigenvalue weighted by molar-refractivity contribution is -0.397. The number of rotatable bonds is 2. The number of pyridine rings is 1. The Morgan fingerprint density at radius 3 is 1.88 bits per heavy atom. The van der Waals surface area contributed by atoms with Gasteiger partial charge in [0.25, 0.3) is 5.69 Å². The minimum Gasteiger partial charge on any atom is -0.304 e. The average molecular weight is 227 g/mol. The minimum absolute atomic E-state index is 0.0955. The van der Waals surface area contributed by atoms with Crippen molar-refractivity contribution >= 4 is 11.4 Å². The normalized spacial score (nSPS) is 10.2. The maximum absolute atomic E-state index is 11.5. The summed E-state index contributed by atoms with van der Waals surface area (Å²) in [6.07, 6.45) is 0. The highest BCUT2D eigenvalue weighted by molar-refractivity contribution is 5.54. The van der Waals surface area contributed by atoms with Crippen LogP contribution in [0.4, 0.5) is 11.4 Å². The van der Waals surface area contributed by atoms with Crippen LogP contribution in [0.15, 0.2) is 4.79 Å². The first kappa shape index (κ1) is 11.8. The van der Waals surface area contributed by atoms with E-state index in [0.717, 1.165) is 4.57 Å². The van der Waals surface area contributed by atoms with Crippen LogP contribution in [0.25, 0.3) is 0 Å². The Bertz CT molecular complexity index is 546. The molecule has 0 amide bonds. The summed E-state index contributed by atoms with van der Waals surface area (Å²) in [5.74, 6) is 0. The van der Waals surface area contributed by atoms with Gasteiger partial charge in [-0.1, -0.05) is 0 Å². The summed E-state index contributed by atoms with van der Waals surface area (Å²) in [4.78, 5) is 31.3. The quantitative estimate of drug-likeness (QED) is 0.548. The first-order valence-corrected chi connectivity index (χ1v) is 4.28. The van der Waals surface area contributed by atoms with Crippen LogP contribution in [0.2, 0.25) is 0 Å². The summed E-state index contributed by atoms with van der Waals surface area (Å²) in [6, 6.07) is 0. The van der Waals surface area contributed by atoms with Gasteiger partial charge < -0.3 is 4.57 Å². The molecule has 0 aliphatic heterocycles. The van der Waals surface area contributed by atoms with E-state index < -0.39 is 26.8 Å². The van der Waals surface area contributed by atoms with E-state index >= 15 is 0 Å². The van der Waals surface area contributed by atoms with Gasteiger partial charge in [0, 0.05) is 7.05 Å². The van der Waals surface area contributed by atoms with Crippen molar-refractivity contribution in [1.29, 1.82) is 0 Å². The van der Waals surface area contributed by atoms with Crippen LogP contribution in [-0.2, 0) is 7.05 Å². The van der Waals surface area contributed by atoms with Gasteiger partial charge in [0.1, 0.15) is 5.56 Å². The lowest BCUT2D eigenvalue weighted by Gasteiger charge is -2.06. The topological polar surface area (TPSA) is 108 Å². The molecule has 0 N–H and O–H groups in total. The van der Waals surface area contributed by atoms with E-state index in [1.54, 1.807) is 0 Å². The molecule has 1 rings (SSSR count). The molecular weight excluding hydrogens is 218 g/mol. The first-order valence-electron chi connectivity index (χ1n) is 4.28. The molecule has 86 valence electrons. The van der Waals surface area contributed by atoms with Crippen LogP contribution in [0.1, 0.15) is 11.3 Å². The smallest absolute Gasteiger partial charge is 0.304 e. The van der Waals surface area contributed by atoms with Crippen LogP contribution in [0.5, 0.6) is 0 Å². The third kappa shape index (κ3) is 1.53. The van der Waals surface area contributed by atoms with Gasteiger partial charge in [0.2, 0.25) is 0 Å². The van der Waals surface area contributed by atoms with Crippen LogP contribution < -0.4 is 5.56 Å². The molecule has 1 aromatic heterocycles. The summed E-state index contributed by atoms with van der Waals surface area (Å²) < 4.78 is 0.906. The molecule has 16 heavy (non-hydrogen) atoms. The van der Waals surface area contributed by atoms with Gasteiger partial charge in [-0.3, -0.25) is 25.0 Å². The molecule has 1 aromatic rings. The predicted octanol–water partition coefficient (Wildman–Crippen LogP) is 0.819. The van der Waals surface area contributed by atoms with Gasteiger partial charge >= 0.3 is 11.2 Å². The van der Waals surface area contributed by atoms with Crippen LogP contribution in [0.3, 0.4) is 0 Å². The zero-order valence-corrected chi connectivity index (χ0v) is 8.88. The molecular formula is C8H9N3O5. The largest absolute Gasteiger partial charge is 0.343 e. The maximum Gasteiger partial charge on any atom is 0.343 e. The molecule has 0 spiro atoms. The highest BCUT2D eigenvalue weighted by Gasteiger charge is 2.29. The van der Waals surface area contributed by atoms with Crippen molar-refractivity contribution in [2.45, 2.75) is 13.8 Å². The van der Waals surface area contributed by atoms with E-state index in [9.17, 15) is 25.0 Å². The molecule has 0 atom stereocenters. The van der Waals surface area contributed by atoms with E-state index in [0.29, 0.717) is 0 Å². The SMILES string of the molecule is Cc1c([N+](=O)[O-])c(C)n(C)c(=O)c1[N+](=O)[O-]. The van der Waals surface area contributed by atoms with Crippen molar-refractivity contribution < 1.29 is 9.85 Å². The molecule has 1 heterocycles. The molecule has 0 radical (unpaired) electrons.